The first kappa shape index (κ1) is 15.4. The van der Waals surface area contributed by atoms with Crippen LogP contribution in [0.4, 0.5) is 5.69 Å². The summed E-state index contributed by atoms with van der Waals surface area (Å²) in [6.07, 6.45) is 0.387. The van der Waals surface area contributed by atoms with E-state index in [0.29, 0.717) is 38.3 Å². The van der Waals surface area contributed by atoms with Crippen molar-refractivity contribution in [2.75, 3.05) is 31.9 Å². The minimum Gasteiger partial charge on any atom is -0.399 e. The van der Waals surface area contributed by atoms with Gasteiger partial charge in [-0.15, -0.1) is 0 Å². The summed E-state index contributed by atoms with van der Waals surface area (Å²) in [5, 5.41) is 0. The van der Waals surface area contributed by atoms with Crippen LogP contribution in [0.25, 0.3) is 0 Å². The molecule has 1 aromatic rings. The van der Waals surface area contributed by atoms with Gasteiger partial charge >= 0.3 is 0 Å². The second-order valence-corrected chi connectivity index (χ2v) is 5.78. The second-order valence-electron chi connectivity index (χ2n) is 5.78. The molecule has 2 N–H and O–H groups in total. The molecule has 1 heterocycles. The molecule has 0 spiro atoms. The Balaban J connectivity index is 1.86. The zero-order valence-electron chi connectivity index (χ0n) is 12.7. The fourth-order valence-corrected chi connectivity index (χ4v) is 2.46. The third kappa shape index (κ3) is 3.97. The van der Waals surface area contributed by atoms with Gasteiger partial charge in [-0.3, -0.25) is 9.59 Å². The largest absolute Gasteiger partial charge is 0.399 e. The number of nitrogens with two attached hydrogens (primary N) is 1. The molecular formula is C16H23N3O2. The van der Waals surface area contributed by atoms with Crippen molar-refractivity contribution >= 4 is 17.5 Å². The minimum atomic E-state index is 0.0158. The molecule has 5 heteroatoms. The van der Waals surface area contributed by atoms with Gasteiger partial charge in [-0.1, -0.05) is 26.0 Å². The maximum Gasteiger partial charge on any atom is 0.227 e. The number of nitrogens with zero attached hydrogens (tertiary/aromatic N) is 2. The molecule has 1 aromatic carbocycles. The average Bonchev–Trinajstić information content (AvgIpc) is 2.49. The van der Waals surface area contributed by atoms with Crippen LogP contribution in [-0.4, -0.2) is 47.8 Å². The molecule has 2 amide bonds. The number of benzene rings is 1. The lowest BCUT2D eigenvalue weighted by molar-refractivity contribution is -0.141. The van der Waals surface area contributed by atoms with Crippen LogP contribution in [0.3, 0.4) is 0 Å². The van der Waals surface area contributed by atoms with Gasteiger partial charge in [0.2, 0.25) is 11.8 Å². The van der Waals surface area contributed by atoms with Gasteiger partial charge < -0.3 is 15.5 Å². The Morgan fingerprint density at radius 3 is 2.10 bits per heavy atom. The van der Waals surface area contributed by atoms with Crippen molar-refractivity contribution in [2.45, 2.75) is 20.3 Å². The minimum absolute atomic E-state index is 0.0158. The lowest BCUT2D eigenvalue weighted by atomic mass is 10.1. The van der Waals surface area contributed by atoms with Crippen molar-refractivity contribution in [3.8, 4) is 0 Å². The zero-order valence-corrected chi connectivity index (χ0v) is 12.7. The maximum atomic E-state index is 12.3. The number of rotatable bonds is 3. The Labute approximate surface area is 125 Å². The number of piperazine rings is 1. The molecule has 0 atom stereocenters. The molecule has 21 heavy (non-hydrogen) atoms. The highest BCUT2D eigenvalue weighted by molar-refractivity contribution is 5.80. The van der Waals surface area contributed by atoms with Gasteiger partial charge in [0.05, 0.1) is 6.42 Å². The SMILES string of the molecule is CC(C)C(=O)N1CCN(C(=O)Cc2ccc(N)cc2)CC1. The Morgan fingerprint density at radius 2 is 1.57 bits per heavy atom. The molecular weight excluding hydrogens is 266 g/mol. The van der Waals surface area contributed by atoms with Gasteiger partial charge in [-0.05, 0) is 17.7 Å². The number of carbonyl (C=O) groups excluding carboxylic acids is 2. The van der Waals surface area contributed by atoms with E-state index >= 15 is 0 Å². The summed E-state index contributed by atoms with van der Waals surface area (Å²) in [5.74, 6) is 0.291. The third-order valence-electron chi connectivity index (χ3n) is 3.77. The molecule has 5 nitrogen and oxygen atoms in total. The van der Waals surface area contributed by atoms with Crippen LogP contribution in [0.15, 0.2) is 24.3 Å². The number of hydrogen-bond donors (Lipinski definition) is 1. The standard InChI is InChI=1S/C16H23N3O2/c1-12(2)16(21)19-9-7-18(8-10-19)15(20)11-13-3-5-14(17)6-4-13/h3-6,12H,7-11,17H2,1-2H3. The highest BCUT2D eigenvalue weighted by atomic mass is 16.2. The van der Waals surface area contributed by atoms with Crippen molar-refractivity contribution in [3.63, 3.8) is 0 Å². The zero-order chi connectivity index (χ0) is 15.4. The predicted molar refractivity (Wildman–Crippen MR) is 82.6 cm³/mol. The van der Waals surface area contributed by atoms with Crippen LogP contribution in [0.1, 0.15) is 19.4 Å². The molecule has 1 aliphatic heterocycles. The second kappa shape index (κ2) is 6.61. The summed E-state index contributed by atoms with van der Waals surface area (Å²) in [5.41, 5.74) is 7.30. The van der Waals surface area contributed by atoms with Gasteiger partial charge in [-0.25, -0.2) is 0 Å². The van der Waals surface area contributed by atoms with E-state index < -0.39 is 0 Å². The first-order valence-electron chi connectivity index (χ1n) is 7.38. The fourth-order valence-electron chi connectivity index (χ4n) is 2.46. The average molecular weight is 289 g/mol. The summed E-state index contributed by atoms with van der Waals surface area (Å²) < 4.78 is 0. The molecule has 0 saturated carbocycles. The molecule has 0 radical (unpaired) electrons. The number of carbonyl (C=O) groups is 2. The quantitative estimate of drug-likeness (QED) is 0.849. The molecule has 114 valence electrons. The molecule has 2 rings (SSSR count). The van der Waals surface area contributed by atoms with E-state index in [4.69, 9.17) is 5.73 Å². The lowest BCUT2D eigenvalue weighted by Gasteiger charge is -2.35. The first-order chi connectivity index (χ1) is 9.97. The van der Waals surface area contributed by atoms with E-state index in [1.54, 1.807) is 0 Å². The normalized spacial score (nSPS) is 15.4. The van der Waals surface area contributed by atoms with E-state index in [0.717, 1.165) is 5.56 Å². The van der Waals surface area contributed by atoms with Crippen LogP contribution in [0.2, 0.25) is 0 Å². The molecule has 0 aliphatic carbocycles. The number of hydrogen-bond acceptors (Lipinski definition) is 3. The smallest absolute Gasteiger partial charge is 0.227 e. The maximum absolute atomic E-state index is 12.3. The first-order valence-corrected chi connectivity index (χ1v) is 7.38. The van der Waals surface area contributed by atoms with E-state index in [9.17, 15) is 9.59 Å². The van der Waals surface area contributed by atoms with Crippen LogP contribution in [0, 0.1) is 5.92 Å². The van der Waals surface area contributed by atoms with Crippen molar-refractivity contribution in [3.05, 3.63) is 29.8 Å². The van der Waals surface area contributed by atoms with Crippen LogP contribution in [-0.2, 0) is 16.0 Å². The van der Waals surface area contributed by atoms with Gasteiger partial charge in [0, 0.05) is 37.8 Å². The monoisotopic (exact) mass is 289 g/mol. The molecule has 1 fully saturated rings. The molecule has 0 bridgehead atoms. The molecule has 1 aliphatic rings. The summed E-state index contributed by atoms with van der Waals surface area (Å²) in [4.78, 5) is 27.8. The van der Waals surface area contributed by atoms with E-state index in [1.807, 2.05) is 47.9 Å². The predicted octanol–water partition coefficient (Wildman–Crippen LogP) is 1.14. The highest BCUT2D eigenvalue weighted by Gasteiger charge is 2.25. The van der Waals surface area contributed by atoms with Gasteiger partial charge in [0.15, 0.2) is 0 Å². The molecule has 1 saturated heterocycles. The van der Waals surface area contributed by atoms with Crippen LogP contribution in [0.5, 0.6) is 0 Å². The lowest BCUT2D eigenvalue weighted by Crippen LogP contribution is -2.51. The topological polar surface area (TPSA) is 66.6 Å². The number of nitrogen functional groups attached to an aromatic ring is 1. The van der Waals surface area contributed by atoms with Crippen LogP contribution < -0.4 is 5.73 Å². The van der Waals surface area contributed by atoms with Gasteiger partial charge in [0.25, 0.3) is 0 Å². The number of anilines is 1. The molecule has 0 unspecified atom stereocenters. The van der Waals surface area contributed by atoms with E-state index in [2.05, 4.69) is 0 Å². The highest BCUT2D eigenvalue weighted by Crippen LogP contribution is 2.11. The van der Waals surface area contributed by atoms with Crippen molar-refractivity contribution < 1.29 is 9.59 Å². The van der Waals surface area contributed by atoms with Crippen molar-refractivity contribution in [1.82, 2.24) is 9.80 Å². The van der Waals surface area contributed by atoms with E-state index in [1.165, 1.54) is 0 Å². The van der Waals surface area contributed by atoms with Crippen molar-refractivity contribution in [1.29, 1.82) is 0 Å². The van der Waals surface area contributed by atoms with Gasteiger partial charge in [-0.2, -0.15) is 0 Å². The Bertz CT molecular complexity index is 503. The fraction of sp³-hybridized carbons (Fsp3) is 0.500. The summed E-state index contributed by atoms with van der Waals surface area (Å²) in [6.45, 7) is 6.30. The molecule has 0 aromatic heterocycles. The Hall–Kier alpha value is -2.04. The van der Waals surface area contributed by atoms with Crippen molar-refractivity contribution in [2.24, 2.45) is 5.92 Å². The summed E-state index contributed by atoms with van der Waals surface area (Å²) in [7, 11) is 0. The van der Waals surface area contributed by atoms with Crippen LogP contribution >= 0.6 is 0 Å². The Morgan fingerprint density at radius 1 is 1.05 bits per heavy atom. The summed E-state index contributed by atoms with van der Waals surface area (Å²) in [6, 6.07) is 7.38. The summed E-state index contributed by atoms with van der Waals surface area (Å²) >= 11 is 0. The number of amides is 2. The Kier molecular flexibility index (Phi) is 4.83. The van der Waals surface area contributed by atoms with Gasteiger partial charge in [0.1, 0.15) is 0 Å². The van der Waals surface area contributed by atoms with E-state index in [-0.39, 0.29) is 17.7 Å². The third-order valence-corrected chi connectivity index (χ3v) is 3.77.